The Morgan fingerprint density at radius 3 is 2.50 bits per heavy atom. The lowest BCUT2D eigenvalue weighted by Crippen LogP contribution is -2.70. The van der Waals surface area contributed by atoms with E-state index in [2.05, 4.69) is 16.0 Å². The van der Waals surface area contributed by atoms with E-state index in [9.17, 15) is 23.5 Å². The first-order valence-electron chi connectivity index (χ1n) is 13.8. The molecule has 2 amide bonds. The third-order valence-corrected chi connectivity index (χ3v) is 10.5. The fourth-order valence-corrected chi connectivity index (χ4v) is 8.73. The predicted octanol–water partition coefficient (Wildman–Crippen LogP) is 4.21. The molecule has 0 bridgehead atoms. The standard InChI is InChI=1S/C29H32Cl2F3N3O3/c30-15-4-9-19-21(10-15)36-26(40)29(19)22(18-2-1-3-20(31)23(18)34)24(25(39)35-16-5-7-17(38)8-6-16)37-28(29)11-27(12-28,13-32)14-33/h1-4,9-10,16-17,19,21-22,24,37-38H,5-8,11-14H2,(H,35,39)(H,36,40)/t16?,17?,19?,21?,22-,24+,29+/m0/s1. The lowest BCUT2D eigenvalue weighted by atomic mass is 9.44. The van der Waals surface area contributed by atoms with Crippen LogP contribution in [-0.4, -0.2) is 60.0 Å². The molecule has 1 aromatic carbocycles. The van der Waals surface area contributed by atoms with Gasteiger partial charge in [-0.05, 0) is 62.3 Å². The number of amides is 2. The second-order valence-electron chi connectivity index (χ2n) is 12.3. The first kappa shape index (κ1) is 28.1. The Kier molecular flexibility index (Phi) is 7.04. The molecule has 40 heavy (non-hydrogen) atoms. The maximum atomic E-state index is 15.9. The molecule has 2 saturated heterocycles. The highest BCUT2D eigenvalue weighted by Gasteiger charge is 2.80. The van der Waals surface area contributed by atoms with Crippen LogP contribution in [0, 0.1) is 22.6 Å². The second-order valence-corrected chi connectivity index (χ2v) is 13.1. The highest BCUT2D eigenvalue weighted by Crippen LogP contribution is 2.70. The molecule has 2 spiro atoms. The number of fused-ring (bicyclic) bond motifs is 3. The fraction of sp³-hybridized carbons (Fsp3) is 0.586. The van der Waals surface area contributed by atoms with Crippen LogP contribution in [0.4, 0.5) is 13.2 Å². The van der Waals surface area contributed by atoms with Crippen molar-refractivity contribution in [3.8, 4) is 0 Å². The molecule has 2 aliphatic heterocycles. The molecule has 2 saturated carbocycles. The number of benzene rings is 1. The number of aliphatic hydroxyl groups is 1. The van der Waals surface area contributed by atoms with Gasteiger partial charge >= 0.3 is 0 Å². The lowest BCUT2D eigenvalue weighted by molar-refractivity contribution is -0.146. The Bertz CT molecular complexity index is 1270. The molecule has 2 unspecified atom stereocenters. The first-order chi connectivity index (χ1) is 19.1. The Morgan fingerprint density at radius 2 is 1.82 bits per heavy atom. The summed E-state index contributed by atoms with van der Waals surface area (Å²) in [5, 5.41) is 19.6. The summed E-state index contributed by atoms with van der Waals surface area (Å²) < 4.78 is 44.3. The summed E-state index contributed by atoms with van der Waals surface area (Å²) in [5.74, 6) is -3.20. The molecule has 2 heterocycles. The molecule has 4 N–H and O–H groups in total. The number of hydrogen-bond acceptors (Lipinski definition) is 4. The molecule has 11 heteroatoms. The largest absolute Gasteiger partial charge is 0.393 e. The number of halogens is 5. The van der Waals surface area contributed by atoms with E-state index in [0.717, 1.165) is 0 Å². The Labute approximate surface area is 240 Å². The summed E-state index contributed by atoms with van der Waals surface area (Å²) in [6.45, 7) is -1.84. The van der Waals surface area contributed by atoms with Gasteiger partial charge in [-0.2, -0.15) is 0 Å². The van der Waals surface area contributed by atoms with Crippen molar-refractivity contribution in [2.45, 2.75) is 74.2 Å². The summed E-state index contributed by atoms with van der Waals surface area (Å²) in [7, 11) is 0. The highest BCUT2D eigenvalue weighted by molar-refractivity contribution is 6.31. The Morgan fingerprint density at radius 1 is 1.12 bits per heavy atom. The molecule has 0 radical (unpaired) electrons. The van der Waals surface area contributed by atoms with Gasteiger partial charge in [0.15, 0.2) is 0 Å². The van der Waals surface area contributed by atoms with Crippen LogP contribution in [0.15, 0.2) is 41.5 Å². The van der Waals surface area contributed by atoms with Gasteiger partial charge in [-0.25, -0.2) is 4.39 Å². The van der Waals surface area contributed by atoms with Crippen LogP contribution in [0.25, 0.3) is 0 Å². The van der Waals surface area contributed by atoms with Crippen molar-refractivity contribution in [3.63, 3.8) is 0 Å². The summed E-state index contributed by atoms with van der Waals surface area (Å²) in [4.78, 5) is 28.3. The zero-order chi connectivity index (χ0) is 28.4. The molecule has 5 aliphatic rings. The molecule has 6 nitrogen and oxygen atoms in total. The number of carbonyl (C=O) groups excluding carboxylic acids is 2. The number of hydrogen-bond donors (Lipinski definition) is 4. The number of carbonyl (C=O) groups is 2. The van der Waals surface area contributed by atoms with Gasteiger partial charge in [0.05, 0.1) is 42.0 Å². The summed E-state index contributed by atoms with van der Waals surface area (Å²) in [6, 6.07) is 2.67. The van der Waals surface area contributed by atoms with Crippen LogP contribution in [0.2, 0.25) is 5.02 Å². The van der Waals surface area contributed by atoms with E-state index in [4.69, 9.17) is 23.2 Å². The van der Waals surface area contributed by atoms with Crippen LogP contribution in [0.1, 0.15) is 50.0 Å². The van der Waals surface area contributed by atoms with E-state index in [1.165, 1.54) is 12.1 Å². The van der Waals surface area contributed by atoms with E-state index in [1.54, 1.807) is 24.3 Å². The van der Waals surface area contributed by atoms with Gasteiger partial charge < -0.3 is 15.7 Å². The van der Waals surface area contributed by atoms with Gasteiger partial charge in [0.1, 0.15) is 5.82 Å². The van der Waals surface area contributed by atoms with Crippen LogP contribution in [0.3, 0.4) is 0 Å². The zero-order valence-corrected chi connectivity index (χ0v) is 23.3. The third-order valence-electron chi connectivity index (χ3n) is 10.00. The monoisotopic (exact) mass is 597 g/mol. The van der Waals surface area contributed by atoms with Crippen LogP contribution < -0.4 is 16.0 Å². The van der Waals surface area contributed by atoms with E-state index in [1.807, 2.05) is 0 Å². The highest BCUT2D eigenvalue weighted by atomic mass is 35.5. The smallest absolute Gasteiger partial charge is 0.238 e. The van der Waals surface area contributed by atoms with E-state index >= 15 is 4.39 Å². The maximum Gasteiger partial charge on any atom is 0.238 e. The SMILES string of the molecule is O=C(NC1CCC(O)CC1)[C@@H]1NC2(CC(CF)(CF)C2)[C@@]2(C(=O)NC3C=C(Cl)C=CC32)[C@H]1c1cccc(Cl)c1F. The molecule has 0 aromatic heterocycles. The predicted molar refractivity (Wildman–Crippen MR) is 145 cm³/mol. The van der Waals surface area contributed by atoms with E-state index in [0.29, 0.717) is 30.7 Å². The quantitative estimate of drug-likeness (QED) is 0.409. The van der Waals surface area contributed by atoms with Crippen molar-refractivity contribution in [2.24, 2.45) is 16.7 Å². The van der Waals surface area contributed by atoms with Crippen molar-refractivity contribution < 1.29 is 27.9 Å². The fourth-order valence-electron chi connectivity index (χ4n) is 8.34. The molecule has 1 aromatic rings. The number of allylic oxidation sites excluding steroid dienone is 2. The average Bonchev–Trinajstić information content (AvgIpc) is 3.38. The maximum absolute atomic E-state index is 15.9. The minimum atomic E-state index is -1.47. The zero-order valence-electron chi connectivity index (χ0n) is 21.7. The van der Waals surface area contributed by atoms with Crippen molar-refractivity contribution in [2.75, 3.05) is 13.3 Å². The van der Waals surface area contributed by atoms with Gasteiger partial charge in [-0.15, -0.1) is 0 Å². The summed E-state index contributed by atoms with van der Waals surface area (Å²) >= 11 is 12.5. The normalized spacial score (nSPS) is 37.1. The van der Waals surface area contributed by atoms with Gasteiger partial charge in [0, 0.05) is 33.9 Å². The number of nitrogens with one attached hydrogen (secondary N) is 3. The van der Waals surface area contributed by atoms with E-state index in [-0.39, 0.29) is 29.5 Å². The molecule has 216 valence electrons. The molecule has 3 aliphatic carbocycles. The van der Waals surface area contributed by atoms with Gasteiger partial charge in [0.2, 0.25) is 11.8 Å². The van der Waals surface area contributed by atoms with Crippen LogP contribution >= 0.6 is 23.2 Å². The number of alkyl halides is 2. The van der Waals surface area contributed by atoms with Crippen molar-refractivity contribution in [1.29, 1.82) is 0 Å². The molecular weight excluding hydrogens is 566 g/mol. The number of rotatable bonds is 5. The van der Waals surface area contributed by atoms with Gasteiger partial charge in [-0.1, -0.05) is 41.4 Å². The summed E-state index contributed by atoms with van der Waals surface area (Å²) in [5.41, 5.74) is -3.86. The molecule has 6 rings (SSSR count). The average molecular weight is 598 g/mol. The Hall–Kier alpha value is -2.07. The van der Waals surface area contributed by atoms with Crippen LogP contribution in [0.5, 0.6) is 0 Å². The van der Waals surface area contributed by atoms with Crippen molar-refractivity contribution in [3.05, 3.63) is 57.9 Å². The lowest BCUT2D eigenvalue weighted by Gasteiger charge is -2.60. The minimum Gasteiger partial charge on any atom is -0.393 e. The van der Waals surface area contributed by atoms with Gasteiger partial charge in [-0.3, -0.25) is 23.7 Å². The van der Waals surface area contributed by atoms with Crippen LogP contribution in [-0.2, 0) is 9.59 Å². The Balaban J connectivity index is 1.50. The minimum absolute atomic E-state index is 0.0347. The molecule has 5 atom stereocenters. The van der Waals surface area contributed by atoms with E-state index < -0.39 is 77.4 Å². The summed E-state index contributed by atoms with van der Waals surface area (Å²) in [6.07, 6.45) is 6.92. The van der Waals surface area contributed by atoms with Crippen molar-refractivity contribution in [1.82, 2.24) is 16.0 Å². The van der Waals surface area contributed by atoms with Gasteiger partial charge in [0.25, 0.3) is 0 Å². The van der Waals surface area contributed by atoms with Crippen molar-refractivity contribution >= 4 is 35.0 Å². The third kappa shape index (κ3) is 3.98. The second kappa shape index (κ2) is 10.0. The topological polar surface area (TPSA) is 90.5 Å². The first-order valence-corrected chi connectivity index (χ1v) is 14.5. The molecular formula is C29H32Cl2F3N3O3. The number of aliphatic hydroxyl groups excluding tert-OH is 1. The molecule has 4 fully saturated rings.